The van der Waals surface area contributed by atoms with Crippen LogP contribution in [0.5, 0.6) is 5.75 Å². The van der Waals surface area contributed by atoms with Gasteiger partial charge in [-0.05, 0) is 30.9 Å². The molecule has 0 aliphatic carbocycles. The van der Waals surface area contributed by atoms with Gasteiger partial charge in [-0.3, -0.25) is 0 Å². The standard InChI is InChI=1S/C16H26N2O/c1-3-13(2)12-19-16-8-4-7-15(10-16)18-9-5-6-14(17)11-18/h4,7-8,10,13-14H,3,5-6,9,11-12,17H2,1-2H3. The fraction of sp³-hybridized carbons (Fsp3) is 0.625. The van der Waals surface area contributed by atoms with Gasteiger partial charge < -0.3 is 15.4 Å². The average Bonchev–Trinajstić information content (AvgIpc) is 2.45. The lowest BCUT2D eigenvalue weighted by Gasteiger charge is -2.32. The Labute approximate surface area is 116 Å². The van der Waals surface area contributed by atoms with E-state index in [9.17, 15) is 0 Å². The maximum atomic E-state index is 6.04. The van der Waals surface area contributed by atoms with E-state index in [2.05, 4.69) is 36.9 Å². The van der Waals surface area contributed by atoms with Gasteiger partial charge in [0.05, 0.1) is 6.61 Å². The molecule has 1 heterocycles. The van der Waals surface area contributed by atoms with Gasteiger partial charge in [0.15, 0.2) is 0 Å². The molecule has 1 saturated heterocycles. The van der Waals surface area contributed by atoms with Crippen LogP contribution in [0.25, 0.3) is 0 Å². The number of benzene rings is 1. The summed E-state index contributed by atoms with van der Waals surface area (Å²) in [5.41, 5.74) is 7.28. The van der Waals surface area contributed by atoms with E-state index in [0.29, 0.717) is 12.0 Å². The first-order valence-electron chi connectivity index (χ1n) is 7.42. The average molecular weight is 262 g/mol. The van der Waals surface area contributed by atoms with Crippen molar-refractivity contribution in [3.63, 3.8) is 0 Å². The number of hydrogen-bond donors (Lipinski definition) is 1. The van der Waals surface area contributed by atoms with Crippen LogP contribution in [0, 0.1) is 5.92 Å². The molecule has 19 heavy (non-hydrogen) atoms. The highest BCUT2D eigenvalue weighted by Gasteiger charge is 2.17. The smallest absolute Gasteiger partial charge is 0.121 e. The zero-order valence-corrected chi connectivity index (χ0v) is 12.1. The van der Waals surface area contributed by atoms with Crippen LogP contribution < -0.4 is 15.4 Å². The molecule has 0 bridgehead atoms. The number of piperidine rings is 1. The van der Waals surface area contributed by atoms with Gasteiger partial charge in [0.25, 0.3) is 0 Å². The van der Waals surface area contributed by atoms with E-state index >= 15 is 0 Å². The predicted molar refractivity (Wildman–Crippen MR) is 80.8 cm³/mol. The molecule has 1 aliphatic rings. The SMILES string of the molecule is CCC(C)COc1cccc(N2CCCC(N)C2)c1. The third kappa shape index (κ3) is 4.13. The number of anilines is 1. The van der Waals surface area contributed by atoms with E-state index in [4.69, 9.17) is 10.5 Å². The van der Waals surface area contributed by atoms with E-state index in [-0.39, 0.29) is 0 Å². The van der Waals surface area contributed by atoms with Crippen LogP contribution in [0.2, 0.25) is 0 Å². The van der Waals surface area contributed by atoms with Gasteiger partial charge in [0.2, 0.25) is 0 Å². The summed E-state index contributed by atoms with van der Waals surface area (Å²) in [6.45, 7) is 7.25. The van der Waals surface area contributed by atoms with Crippen molar-refractivity contribution in [2.24, 2.45) is 11.7 Å². The first kappa shape index (κ1) is 14.2. The van der Waals surface area contributed by atoms with Crippen LogP contribution in [-0.2, 0) is 0 Å². The molecule has 2 unspecified atom stereocenters. The van der Waals surface area contributed by atoms with Crippen LogP contribution in [0.3, 0.4) is 0 Å². The minimum absolute atomic E-state index is 0.304. The van der Waals surface area contributed by atoms with Crippen LogP contribution in [0.15, 0.2) is 24.3 Å². The summed E-state index contributed by atoms with van der Waals surface area (Å²) in [6.07, 6.45) is 3.47. The molecule has 106 valence electrons. The first-order chi connectivity index (χ1) is 9.19. The molecule has 1 aliphatic heterocycles. The Morgan fingerprint density at radius 1 is 1.47 bits per heavy atom. The van der Waals surface area contributed by atoms with E-state index in [1.54, 1.807) is 0 Å². The molecule has 3 nitrogen and oxygen atoms in total. The van der Waals surface area contributed by atoms with Gasteiger partial charge >= 0.3 is 0 Å². The van der Waals surface area contributed by atoms with Crippen LogP contribution in [0.4, 0.5) is 5.69 Å². The van der Waals surface area contributed by atoms with Gasteiger partial charge in [-0.25, -0.2) is 0 Å². The molecule has 1 aromatic rings. The molecule has 0 saturated carbocycles. The highest BCUT2D eigenvalue weighted by molar-refractivity contribution is 5.51. The van der Waals surface area contributed by atoms with Crippen molar-refractivity contribution in [3.8, 4) is 5.75 Å². The number of hydrogen-bond acceptors (Lipinski definition) is 3. The third-order valence-electron chi connectivity index (χ3n) is 3.87. The maximum Gasteiger partial charge on any atom is 0.121 e. The van der Waals surface area contributed by atoms with Gasteiger partial charge in [0, 0.05) is 30.9 Å². The zero-order chi connectivity index (χ0) is 13.7. The molecule has 1 fully saturated rings. The maximum absolute atomic E-state index is 6.04. The Morgan fingerprint density at radius 2 is 2.32 bits per heavy atom. The zero-order valence-electron chi connectivity index (χ0n) is 12.1. The van der Waals surface area contributed by atoms with Gasteiger partial charge in [-0.1, -0.05) is 26.3 Å². The molecule has 0 radical (unpaired) electrons. The monoisotopic (exact) mass is 262 g/mol. The molecule has 0 aromatic heterocycles. The third-order valence-corrected chi connectivity index (χ3v) is 3.87. The van der Waals surface area contributed by atoms with E-state index in [1.165, 1.54) is 12.1 Å². The fourth-order valence-electron chi connectivity index (χ4n) is 2.37. The van der Waals surface area contributed by atoms with Crippen LogP contribution in [-0.4, -0.2) is 25.7 Å². The number of nitrogens with zero attached hydrogens (tertiary/aromatic N) is 1. The summed E-state index contributed by atoms with van der Waals surface area (Å²) in [5.74, 6) is 1.57. The van der Waals surface area contributed by atoms with Crippen molar-refractivity contribution in [1.82, 2.24) is 0 Å². The van der Waals surface area contributed by atoms with Crippen molar-refractivity contribution >= 4 is 5.69 Å². The number of ether oxygens (including phenoxy) is 1. The van der Waals surface area contributed by atoms with Gasteiger partial charge in [-0.2, -0.15) is 0 Å². The number of rotatable bonds is 5. The van der Waals surface area contributed by atoms with Crippen LogP contribution >= 0.6 is 0 Å². The highest BCUT2D eigenvalue weighted by Crippen LogP contribution is 2.24. The molecule has 0 spiro atoms. The van der Waals surface area contributed by atoms with E-state index < -0.39 is 0 Å². The summed E-state index contributed by atoms with van der Waals surface area (Å²) in [4.78, 5) is 2.37. The topological polar surface area (TPSA) is 38.5 Å². The largest absolute Gasteiger partial charge is 0.493 e. The summed E-state index contributed by atoms with van der Waals surface area (Å²) in [6, 6.07) is 8.70. The lowest BCUT2D eigenvalue weighted by atomic mass is 10.1. The van der Waals surface area contributed by atoms with Gasteiger partial charge in [0.1, 0.15) is 5.75 Å². The quantitative estimate of drug-likeness (QED) is 0.886. The second kappa shape index (κ2) is 6.80. The Bertz CT molecular complexity index is 394. The van der Waals surface area contributed by atoms with Crippen LogP contribution in [0.1, 0.15) is 33.1 Å². The molecular weight excluding hydrogens is 236 g/mol. The normalized spacial score (nSPS) is 21.2. The summed E-state index contributed by atoms with van der Waals surface area (Å²) < 4.78 is 5.86. The minimum atomic E-state index is 0.304. The van der Waals surface area contributed by atoms with Crippen molar-refractivity contribution in [1.29, 1.82) is 0 Å². The Morgan fingerprint density at radius 3 is 3.05 bits per heavy atom. The van der Waals surface area contributed by atoms with E-state index in [0.717, 1.165) is 38.3 Å². The molecular formula is C16H26N2O. The molecule has 2 N–H and O–H groups in total. The Kier molecular flexibility index (Phi) is 5.08. The summed E-state index contributed by atoms with van der Waals surface area (Å²) in [5, 5.41) is 0. The fourth-order valence-corrected chi connectivity index (χ4v) is 2.37. The highest BCUT2D eigenvalue weighted by atomic mass is 16.5. The molecule has 1 aromatic carbocycles. The van der Waals surface area contributed by atoms with Crippen molar-refractivity contribution in [2.75, 3.05) is 24.6 Å². The lowest BCUT2D eigenvalue weighted by Crippen LogP contribution is -2.42. The second-order valence-corrected chi connectivity index (χ2v) is 5.67. The molecule has 3 heteroatoms. The Hall–Kier alpha value is -1.22. The predicted octanol–water partition coefficient (Wildman–Crippen LogP) is 3.04. The van der Waals surface area contributed by atoms with Crippen molar-refractivity contribution < 1.29 is 4.74 Å². The molecule has 2 atom stereocenters. The second-order valence-electron chi connectivity index (χ2n) is 5.67. The van der Waals surface area contributed by atoms with E-state index in [1.807, 2.05) is 6.07 Å². The van der Waals surface area contributed by atoms with Crippen molar-refractivity contribution in [3.05, 3.63) is 24.3 Å². The number of nitrogens with two attached hydrogens (primary N) is 1. The van der Waals surface area contributed by atoms with Gasteiger partial charge in [-0.15, -0.1) is 0 Å². The molecule has 0 amide bonds. The minimum Gasteiger partial charge on any atom is -0.493 e. The van der Waals surface area contributed by atoms with Crippen molar-refractivity contribution in [2.45, 2.75) is 39.2 Å². The first-order valence-corrected chi connectivity index (χ1v) is 7.42. The Balaban J connectivity index is 1.98. The summed E-state index contributed by atoms with van der Waals surface area (Å²) in [7, 11) is 0. The lowest BCUT2D eigenvalue weighted by molar-refractivity contribution is 0.256. The molecule has 2 rings (SSSR count). The summed E-state index contributed by atoms with van der Waals surface area (Å²) >= 11 is 0.